The quantitative estimate of drug-likeness (QED) is 0.699. The maximum absolute atomic E-state index is 5.63. The third kappa shape index (κ3) is 4.84. The Morgan fingerprint density at radius 2 is 2.00 bits per heavy atom. The van der Waals surface area contributed by atoms with E-state index in [-0.39, 0.29) is 0 Å². The van der Waals surface area contributed by atoms with Crippen LogP contribution in [0.3, 0.4) is 0 Å². The molecule has 1 aliphatic rings. The molecular weight excluding hydrogens is 226 g/mol. The van der Waals surface area contributed by atoms with Gasteiger partial charge in [0.05, 0.1) is 13.2 Å². The van der Waals surface area contributed by atoms with E-state index in [0.29, 0.717) is 18.0 Å². The highest BCUT2D eigenvalue weighted by molar-refractivity contribution is 4.84. The minimum absolute atomic E-state index is 0.538. The lowest BCUT2D eigenvalue weighted by Gasteiger charge is -2.33. The first-order valence-electron chi connectivity index (χ1n) is 7.28. The normalized spacial score (nSPS) is 26.2. The summed E-state index contributed by atoms with van der Waals surface area (Å²) in [7, 11) is 4.29. The van der Waals surface area contributed by atoms with Crippen LogP contribution in [-0.2, 0) is 4.74 Å². The van der Waals surface area contributed by atoms with Gasteiger partial charge in [-0.25, -0.2) is 0 Å². The highest BCUT2D eigenvalue weighted by Crippen LogP contribution is 2.16. The standard InChI is InChI=1S/C14H31N3O/c1-6-15-14-11-18-10-13(14)9-17(7-2)12(3)8-16(4)5/h12-15H,6-11H2,1-5H3. The predicted octanol–water partition coefficient (Wildman–Crippen LogP) is 0.883. The first-order chi connectivity index (χ1) is 8.58. The van der Waals surface area contributed by atoms with Crippen molar-refractivity contribution in [3.8, 4) is 0 Å². The van der Waals surface area contributed by atoms with Gasteiger partial charge < -0.3 is 15.0 Å². The van der Waals surface area contributed by atoms with Crippen molar-refractivity contribution in [3.05, 3.63) is 0 Å². The first kappa shape index (κ1) is 15.9. The van der Waals surface area contributed by atoms with Crippen LogP contribution in [0.25, 0.3) is 0 Å². The summed E-state index contributed by atoms with van der Waals surface area (Å²) in [6.45, 7) is 12.9. The van der Waals surface area contributed by atoms with E-state index in [1.165, 1.54) is 0 Å². The molecule has 1 N–H and O–H groups in total. The number of nitrogens with one attached hydrogen (secondary N) is 1. The van der Waals surface area contributed by atoms with Gasteiger partial charge in [-0.3, -0.25) is 4.90 Å². The Bertz CT molecular complexity index is 223. The molecule has 4 nitrogen and oxygen atoms in total. The lowest BCUT2D eigenvalue weighted by Crippen LogP contribution is -2.46. The van der Waals surface area contributed by atoms with E-state index < -0.39 is 0 Å². The van der Waals surface area contributed by atoms with Gasteiger partial charge in [-0.2, -0.15) is 0 Å². The molecule has 1 heterocycles. The summed E-state index contributed by atoms with van der Waals surface area (Å²) in [6, 6.07) is 1.14. The van der Waals surface area contributed by atoms with Gasteiger partial charge in [0, 0.05) is 31.1 Å². The largest absolute Gasteiger partial charge is 0.379 e. The Hall–Kier alpha value is -0.160. The average molecular weight is 257 g/mol. The van der Waals surface area contributed by atoms with Crippen molar-refractivity contribution >= 4 is 0 Å². The van der Waals surface area contributed by atoms with Gasteiger partial charge >= 0.3 is 0 Å². The summed E-state index contributed by atoms with van der Waals surface area (Å²) in [5.41, 5.74) is 0. The Morgan fingerprint density at radius 1 is 1.28 bits per heavy atom. The second kappa shape index (κ2) is 8.10. The second-order valence-electron chi connectivity index (χ2n) is 5.66. The van der Waals surface area contributed by atoms with Crippen molar-refractivity contribution in [3.63, 3.8) is 0 Å². The minimum atomic E-state index is 0.538. The van der Waals surface area contributed by atoms with E-state index in [0.717, 1.165) is 39.4 Å². The van der Waals surface area contributed by atoms with Gasteiger partial charge in [0.1, 0.15) is 0 Å². The number of nitrogens with zero attached hydrogens (tertiary/aromatic N) is 2. The van der Waals surface area contributed by atoms with Crippen LogP contribution in [0.5, 0.6) is 0 Å². The second-order valence-corrected chi connectivity index (χ2v) is 5.66. The maximum atomic E-state index is 5.63. The minimum Gasteiger partial charge on any atom is -0.379 e. The highest BCUT2D eigenvalue weighted by atomic mass is 16.5. The van der Waals surface area contributed by atoms with Gasteiger partial charge in [0.25, 0.3) is 0 Å². The summed E-state index contributed by atoms with van der Waals surface area (Å²) in [4.78, 5) is 4.84. The number of likely N-dealkylation sites (N-methyl/N-ethyl adjacent to an activating group) is 3. The fraction of sp³-hybridized carbons (Fsp3) is 1.00. The summed E-state index contributed by atoms with van der Waals surface area (Å²) < 4.78 is 5.63. The maximum Gasteiger partial charge on any atom is 0.0623 e. The van der Waals surface area contributed by atoms with Crippen LogP contribution in [0.4, 0.5) is 0 Å². The molecule has 0 bridgehead atoms. The van der Waals surface area contributed by atoms with Crippen LogP contribution >= 0.6 is 0 Å². The summed E-state index contributed by atoms with van der Waals surface area (Å²) in [5, 5.41) is 3.54. The van der Waals surface area contributed by atoms with Crippen LogP contribution < -0.4 is 5.32 Å². The average Bonchev–Trinajstić information content (AvgIpc) is 2.72. The number of hydrogen-bond donors (Lipinski definition) is 1. The van der Waals surface area contributed by atoms with Crippen molar-refractivity contribution in [2.45, 2.75) is 32.9 Å². The fourth-order valence-corrected chi connectivity index (χ4v) is 2.83. The van der Waals surface area contributed by atoms with Gasteiger partial charge in [-0.15, -0.1) is 0 Å². The zero-order valence-electron chi connectivity index (χ0n) is 12.8. The molecule has 4 heteroatoms. The van der Waals surface area contributed by atoms with E-state index in [1.54, 1.807) is 0 Å². The molecule has 18 heavy (non-hydrogen) atoms. The van der Waals surface area contributed by atoms with Gasteiger partial charge in [0.15, 0.2) is 0 Å². The molecule has 1 rings (SSSR count). The molecule has 3 unspecified atom stereocenters. The molecule has 0 aromatic carbocycles. The van der Waals surface area contributed by atoms with Crippen LogP contribution in [0.15, 0.2) is 0 Å². The Balaban J connectivity index is 2.46. The van der Waals surface area contributed by atoms with Crippen LogP contribution in [0.1, 0.15) is 20.8 Å². The van der Waals surface area contributed by atoms with E-state index in [9.17, 15) is 0 Å². The zero-order valence-corrected chi connectivity index (χ0v) is 12.8. The summed E-state index contributed by atoms with van der Waals surface area (Å²) in [6.07, 6.45) is 0. The summed E-state index contributed by atoms with van der Waals surface area (Å²) >= 11 is 0. The molecule has 1 saturated heterocycles. The summed E-state index contributed by atoms with van der Waals surface area (Å²) in [5.74, 6) is 0.634. The monoisotopic (exact) mass is 257 g/mol. The third-order valence-corrected chi connectivity index (χ3v) is 3.79. The molecule has 0 aliphatic carbocycles. The molecule has 0 aromatic rings. The molecular formula is C14H31N3O. The zero-order chi connectivity index (χ0) is 13.5. The third-order valence-electron chi connectivity index (χ3n) is 3.79. The van der Waals surface area contributed by atoms with Crippen molar-refractivity contribution in [1.82, 2.24) is 15.1 Å². The molecule has 0 saturated carbocycles. The van der Waals surface area contributed by atoms with Crippen LogP contribution in [0.2, 0.25) is 0 Å². The topological polar surface area (TPSA) is 27.7 Å². The SMILES string of the molecule is CCNC1COCC1CN(CC)C(C)CN(C)C. The lowest BCUT2D eigenvalue weighted by atomic mass is 10.0. The van der Waals surface area contributed by atoms with Gasteiger partial charge in [-0.05, 0) is 34.1 Å². The fourth-order valence-electron chi connectivity index (χ4n) is 2.83. The first-order valence-corrected chi connectivity index (χ1v) is 7.28. The number of hydrogen-bond acceptors (Lipinski definition) is 4. The molecule has 1 aliphatic heterocycles. The molecule has 0 radical (unpaired) electrons. The van der Waals surface area contributed by atoms with Crippen LogP contribution in [-0.4, -0.2) is 75.4 Å². The van der Waals surface area contributed by atoms with Gasteiger partial charge in [-0.1, -0.05) is 13.8 Å². The Kier molecular flexibility index (Phi) is 7.15. The van der Waals surface area contributed by atoms with Crippen molar-refractivity contribution in [2.75, 3.05) is 53.5 Å². The van der Waals surface area contributed by atoms with E-state index in [1.807, 2.05) is 0 Å². The van der Waals surface area contributed by atoms with E-state index in [4.69, 9.17) is 4.74 Å². The molecule has 0 amide bonds. The lowest BCUT2D eigenvalue weighted by molar-refractivity contribution is 0.137. The highest BCUT2D eigenvalue weighted by Gasteiger charge is 2.29. The van der Waals surface area contributed by atoms with Gasteiger partial charge in [0.2, 0.25) is 0 Å². The van der Waals surface area contributed by atoms with Crippen molar-refractivity contribution in [2.24, 2.45) is 5.92 Å². The van der Waals surface area contributed by atoms with Crippen molar-refractivity contribution in [1.29, 1.82) is 0 Å². The smallest absolute Gasteiger partial charge is 0.0623 e. The number of ether oxygens (including phenoxy) is 1. The molecule has 0 spiro atoms. The van der Waals surface area contributed by atoms with Crippen LogP contribution in [0, 0.1) is 5.92 Å². The van der Waals surface area contributed by atoms with Crippen molar-refractivity contribution < 1.29 is 4.74 Å². The Morgan fingerprint density at radius 3 is 2.56 bits per heavy atom. The van der Waals surface area contributed by atoms with E-state index in [2.05, 4.69) is 50.0 Å². The Labute approximate surface area is 113 Å². The molecule has 0 aromatic heterocycles. The molecule has 3 atom stereocenters. The predicted molar refractivity (Wildman–Crippen MR) is 77.0 cm³/mol. The molecule has 108 valence electrons. The molecule has 1 fully saturated rings. The number of rotatable bonds is 8. The van der Waals surface area contributed by atoms with E-state index >= 15 is 0 Å².